The van der Waals surface area contributed by atoms with Crippen molar-refractivity contribution in [2.24, 2.45) is 0 Å². The normalized spacial score (nSPS) is 25.9. The molecule has 1 aromatic heterocycles. The third-order valence-corrected chi connectivity index (χ3v) is 4.28. The van der Waals surface area contributed by atoms with E-state index in [2.05, 4.69) is 15.3 Å². The highest BCUT2D eigenvalue weighted by Crippen LogP contribution is 2.17. The van der Waals surface area contributed by atoms with Crippen LogP contribution < -0.4 is 10.1 Å². The number of anilines is 1. The number of sulfone groups is 1. The number of nitrogens with one attached hydrogen (secondary N) is 1. The Kier molecular flexibility index (Phi) is 3.67. The molecule has 0 aromatic carbocycles. The second-order valence-electron chi connectivity index (χ2n) is 4.05. The molecule has 18 heavy (non-hydrogen) atoms. The van der Waals surface area contributed by atoms with Gasteiger partial charge in [0.15, 0.2) is 9.84 Å². The number of ether oxygens (including phenoxy) is 1. The molecule has 2 heterocycles. The summed E-state index contributed by atoms with van der Waals surface area (Å²) in [6.45, 7) is 2.32. The van der Waals surface area contributed by atoms with Crippen LogP contribution in [-0.2, 0) is 9.84 Å². The fourth-order valence-electron chi connectivity index (χ4n) is 1.77. The van der Waals surface area contributed by atoms with Crippen molar-refractivity contribution in [3.63, 3.8) is 0 Å². The molecular weight excluding hydrogens is 258 g/mol. The SMILES string of the molecule is CCOc1ccnc(N[C@@H]2CS(=O)(=O)C[C@H]2O)n1. The maximum Gasteiger partial charge on any atom is 0.226 e. The molecule has 2 atom stereocenters. The monoisotopic (exact) mass is 273 g/mol. The maximum absolute atomic E-state index is 11.3. The van der Waals surface area contributed by atoms with Crippen LogP contribution in [0.15, 0.2) is 12.3 Å². The summed E-state index contributed by atoms with van der Waals surface area (Å²) in [4.78, 5) is 8.02. The molecule has 0 spiro atoms. The van der Waals surface area contributed by atoms with E-state index < -0.39 is 22.0 Å². The summed E-state index contributed by atoms with van der Waals surface area (Å²) in [5.74, 6) is 0.319. The number of aromatic nitrogens is 2. The van der Waals surface area contributed by atoms with Crippen LogP contribution in [0.2, 0.25) is 0 Å². The Morgan fingerprint density at radius 2 is 2.33 bits per heavy atom. The number of aliphatic hydroxyl groups is 1. The summed E-state index contributed by atoms with van der Waals surface area (Å²) in [5.41, 5.74) is 0. The van der Waals surface area contributed by atoms with E-state index in [0.717, 1.165) is 0 Å². The zero-order valence-corrected chi connectivity index (χ0v) is 10.7. The molecule has 0 unspecified atom stereocenters. The molecular formula is C10H15N3O4S. The predicted octanol–water partition coefficient (Wildman–Crippen LogP) is -0.555. The molecule has 0 radical (unpaired) electrons. The van der Waals surface area contributed by atoms with Crippen molar-refractivity contribution < 1.29 is 18.3 Å². The lowest BCUT2D eigenvalue weighted by Gasteiger charge is -2.14. The summed E-state index contributed by atoms with van der Waals surface area (Å²) in [6, 6.07) is 1.03. The maximum atomic E-state index is 11.3. The first-order chi connectivity index (χ1) is 8.50. The second-order valence-corrected chi connectivity index (χ2v) is 6.20. The van der Waals surface area contributed by atoms with Crippen LogP contribution >= 0.6 is 0 Å². The van der Waals surface area contributed by atoms with E-state index in [1.807, 2.05) is 6.92 Å². The minimum Gasteiger partial charge on any atom is -0.478 e. The van der Waals surface area contributed by atoms with Gasteiger partial charge in [0, 0.05) is 12.3 Å². The molecule has 2 rings (SSSR count). The van der Waals surface area contributed by atoms with E-state index in [-0.39, 0.29) is 17.5 Å². The van der Waals surface area contributed by atoms with Gasteiger partial charge >= 0.3 is 0 Å². The second kappa shape index (κ2) is 5.07. The highest BCUT2D eigenvalue weighted by atomic mass is 32.2. The summed E-state index contributed by atoms with van der Waals surface area (Å²) in [7, 11) is -3.18. The number of aliphatic hydroxyl groups excluding tert-OH is 1. The third-order valence-electron chi connectivity index (χ3n) is 2.56. The van der Waals surface area contributed by atoms with E-state index >= 15 is 0 Å². The molecule has 1 aliphatic rings. The zero-order chi connectivity index (χ0) is 13.2. The molecule has 1 saturated heterocycles. The van der Waals surface area contributed by atoms with Crippen molar-refractivity contribution in [1.29, 1.82) is 0 Å². The standard InChI is InChI=1S/C10H15N3O4S/c1-2-17-9-3-4-11-10(13-9)12-7-5-18(15,16)6-8(7)14/h3-4,7-8,14H,2,5-6H2,1H3,(H,11,12,13)/t7-,8-/m1/s1. The van der Waals surface area contributed by atoms with E-state index in [1.54, 1.807) is 6.07 Å². The number of nitrogens with zero attached hydrogens (tertiary/aromatic N) is 2. The Bertz CT molecular complexity index is 520. The van der Waals surface area contributed by atoms with Crippen molar-refractivity contribution in [3.05, 3.63) is 12.3 Å². The summed E-state index contributed by atoms with van der Waals surface area (Å²) in [6.07, 6.45) is 0.574. The molecule has 100 valence electrons. The van der Waals surface area contributed by atoms with Gasteiger partial charge in [0.1, 0.15) is 0 Å². The van der Waals surface area contributed by atoms with Gasteiger partial charge in [-0.1, -0.05) is 0 Å². The first kappa shape index (κ1) is 13.0. The first-order valence-corrected chi connectivity index (χ1v) is 7.43. The topological polar surface area (TPSA) is 101 Å². The van der Waals surface area contributed by atoms with Gasteiger partial charge in [-0.2, -0.15) is 4.98 Å². The third kappa shape index (κ3) is 3.08. The van der Waals surface area contributed by atoms with Gasteiger partial charge in [0.05, 0.1) is 30.3 Å². The van der Waals surface area contributed by atoms with Crippen molar-refractivity contribution in [2.45, 2.75) is 19.1 Å². The van der Waals surface area contributed by atoms with Gasteiger partial charge < -0.3 is 15.2 Å². The smallest absolute Gasteiger partial charge is 0.226 e. The molecule has 0 bridgehead atoms. The summed E-state index contributed by atoms with van der Waals surface area (Å²) < 4.78 is 27.9. The van der Waals surface area contributed by atoms with Gasteiger partial charge in [-0.15, -0.1) is 0 Å². The molecule has 7 nitrogen and oxygen atoms in total. The van der Waals surface area contributed by atoms with Gasteiger partial charge in [-0.25, -0.2) is 13.4 Å². The van der Waals surface area contributed by atoms with Crippen molar-refractivity contribution in [3.8, 4) is 5.88 Å². The molecule has 8 heteroatoms. The Morgan fingerprint density at radius 1 is 1.56 bits per heavy atom. The molecule has 1 aliphatic heterocycles. The lowest BCUT2D eigenvalue weighted by atomic mass is 10.2. The van der Waals surface area contributed by atoms with Gasteiger partial charge in [-0.3, -0.25) is 0 Å². The minimum absolute atomic E-state index is 0.115. The molecule has 1 aromatic rings. The molecule has 2 N–H and O–H groups in total. The fraction of sp³-hybridized carbons (Fsp3) is 0.600. The largest absolute Gasteiger partial charge is 0.478 e. The Balaban J connectivity index is 2.08. The molecule has 0 amide bonds. The lowest BCUT2D eigenvalue weighted by Crippen LogP contribution is -2.32. The quantitative estimate of drug-likeness (QED) is 0.758. The van der Waals surface area contributed by atoms with E-state index in [0.29, 0.717) is 12.5 Å². The number of hydrogen-bond acceptors (Lipinski definition) is 7. The lowest BCUT2D eigenvalue weighted by molar-refractivity contribution is 0.189. The molecule has 1 fully saturated rings. The van der Waals surface area contributed by atoms with Crippen LogP contribution in [0.3, 0.4) is 0 Å². The highest BCUT2D eigenvalue weighted by molar-refractivity contribution is 7.91. The van der Waals surface area contributed by atoms with E-state index in [9.17, 15) is 13.5 Å². The van der Waals surface area contributed by atoms with Crippen molar-refractivity contribution in [2.75, 3.05) is 23.4 Å². The van der Waals surface area contributed by atoms with Crippen molar-refractivity contribution in [1.82, 2.24) is 9.97 Å². The van der Waals surface area contributed by atoms with Gasteiger partial charge in [0.25, 0.3) is 0 Å². The van der Waals surface area contributed by atoms with Crippen LogP contribution in [0.25, 0.3) is 0 Å². The predicted molar refractivity (Wildman–Crippen MR) is 65.3 cm³/mol. The fourth-order valence-corrected chi connectivity index (χ4v) is 3.51. The Labute approximate surface area is 105 Å². The zero-order valence-electron chi connectivity index (χ0n) is 9.91. The van der Waals surface area contributed by atoms with Gasteiger partial charge in [0.2, 0.25) is 11.8 Å². The molecule has 0 saturated carbocycles. The van der Waals surface area contributed by atoms with Crippen molar-refractivity contribution >= 4 is 15.8 Å². The van der Waals surface area contributed by atoms with E-state index in [1.165, 1.54) is 6.20 Å². The Morgan fingerprint density at radius 3 is 2.94 bits per heavy atom. The van der Waals surface area contributed by atoms with Crippen LogP contribution in [0, 0.1) is 0 Å². The average molecular weight is 273 g/mol. The number of hydrogen-bond donors (Lipinski definition) is 2. The average Bonchev–Trinajstić information content (AvgIpc) is 2.53. The highest BCUT2D eigenvalue weighted by Gasteiger charge is 2.36. The van der Waals surface area contributed by atoms with E-state index in [4.69, 9.17) is 4.74 Å². The minimum atomic E-state index is -3.18. The van der Waals surface area contributed by atoms with Crippen LogP contribution in [0.5, 0.6) is 5.88 Å². The summed E-state index contributed by atoms with van der Waals surface area (Å²) >= 11 is 0. The first-order valence-electron chi connectivity index (χ1n) is 5.61. The summed E-state index contributed by atoms with van der Waals surface area (Å²) in [5, 5.41) is 12.4. The number of rotatable bonds is 4. The van der Waals surface area contributed by atoms with Crippen LogP contribution in [-0.4, -0.2) is 53.8 Å². The Hall–Kier alpha value is -1.41. The molecule has 0 aliphatic carbocycles. The van der Waals surface area contributed by atoms with Crippen LogP contribution in [0.1, 0.15) is 6.92 Å². The van der Waals surface area contributed by atoms with Gasteiger partial charge in [-0.05, 0) is 6.92 Å². The van der Waals surface area contributed by atoms with Crippen LogP contribution in [0.4, 0.5) is 5.95 Å².